The van der Waals surface area contributed by atoms with Gasteiger partial charge < -0.3 is 20.1 Å². The van der Waals surface area contributed by atoms with Gasteiger partial charge in [0, 0.05) is 31.7 Å². The van der Waals surface area contributed by atoms with Gasteiger partial charge in [-0.1, -0.05) is 36.4 Å². The smallest absolute Gasteiger partial charge is 0.0775 e. The second-order valence-electron chi connectivity index (χ2n) is 6.59. The number of anilines is 1. The minimum atomic E-state index is -0.338. The van der Waals surface area contributed by atoms with E-state index < -0.39 is 0 Å². The van der Waals surface area contributed by atoms with E-state index in [4.69, 9.17) is 4.74 Å². The van der Waals surface area contributed by atoms with Crippen molar-refractivity contribution in [2.75, 3.05) is 31.2 Å². The molecule has 0 spiro atoms. The van der Waals surface area contributed by atoms with E-state index in [1.54, 1.807) is 0 Å². The lowest BCUT2D eigenvalue weighted by Crippen LogP contribution is -2.36. The van der Waals surface area contributed by atoms with Crippen LogP contribution in [-0.4, -0.2) is 37.5 Å². The van der Waals surface area contributed by atoms with Crippen molar-refractivity contribution in [3.63, 3.8) is 0 Å². The van der Waals surface area contributed by atoms with E-state index in [-0.39, 0.29) is 12.1 Å². The molecule has 0 aromatic heterocycles. The van der Waals surface area contributed by atoms with E-state index in [1.807, 2.05) is 12.1 Å². The van der Waals surface area contributed by atoms with Crippen molar-refractivity contribution in [1.82, 2.24) is 5.32 Å². The predicted molar refractivity (Wildman–Crippen MR) is 95.2 cm³/mol. The third-order valence-electron chi connectivity index (χ3n) is 5.04. The third kappa shape index (κ3) is 3.18. The molecule has 24 heavy (non-hydrogen) atoms. The number of aliphatic hydroxyl groups excluding tert-OH is 1. The molecule has 126 valence electrons. The maximum absolute atomic E-state index is 10.3. The first-order chi connectivity index (χ1) is 11.8. The molecule has 2 aromatic rings. The zero-order valence-electron chi connectivity index (χ0n) is 13.8. The molecule has 0 unspecified atom stereocenters. The molecule has 1 aliphatic heterocycles. The van der Waals surface area contributed by atoms with Crippen LogP contribution in [0.15, 0.2) is 48.5 Å². The van der Waals surface area contributed by atoms with Crippen molar-refractivity contribution in [3.8, 4) is 0 Å². The van der Waals surface area contributed by atoms with E-state index in [0.717, 1.165) is 39.3 Å². The molecule has 1 fully saturated rings. The maximum Gasteiger partial charge on any atom is 0.0775 e. The Kier molecular flexibility index (Phi) is 4.52. The van der Waals surface area contributed by atoms with Gasteiger partial charge >= 0.3 is 0 Å². The van der Waals surface area contributed by atoms with Crippen LogP contribution in [0.1, 0.15) is 22.7 Å². The van der Waals surface area contributed by atoms with Crippen LogP contribution in [0, 0.1) is 0 Å². The minimum absolute atomic E-state index is 0.0279. The molecule has 0 saturated carbocycles. The summed E-state index contributed by atoms with van der Waals surface area (Å²) in [5.74, 6) is 0. The molecule has 4 rings (SSSR count). The molecule has 1 heterocycles. The number of ether oxygens (including phenoxy) is 1. The third-order valence-corrected chi connectivity index (χ3v) is 5.04. The standard InChI is InChI=1S/C20H24N2O2/c23-19-13-16-3-1-2-4-18(16)20(19)21-14-15-5-7-17(8-6-15)22-9-11-24-12-10-22/h1-8,19-21,23H,9-14H2/t19-,20+/m0/s1. The minimum Gasteiger partial charge on any atom is -0.391 e. The van der Waals surface area contributed by atoms with Gasteiger partial charge in [0.05, 0.1) is 25.4 Å². The van der Waals surface area contributed by atoms with Crippen LogP contribution < -0.4 is 10.2 Å². The number of fused-ring (bicyclic) bond motifs is 1. The van der Waals surface area contributed by atoms with Crippen molar-refractivity contribution in [3.05, 3.63) is 65.2 Å². The quantitative estimate of drug-likeness (QED) is 0.906. The van der Waals surface area contributed by atoms with Gasteiger partial charge in [0.15, 0.2) is 0 Å². The lowest BCUT2D eigenvalue weighted by Gasteiger charge is -2.29. The summed E-state index contributed by atoms with van der Waals surface area (Å²) in [6.07, 6.45) is 0.402. The summed E-state index contributed by atoms with van der Waals surface area (Å²) in [5.41, 5.74) is 4.98. The van der Waals surface area contributed by atoms with E-state index in [9.17, 15) is 5.11 Å². The second kappa shape index (κ2) is 6.93. The normalized spacial score (nSPS) is 23.3. The molecular weight excluding hydrogens is 300 g/mol. The molecule has 4 heteroatoms. The number of hydrogen-bond acceptors (Lipinski definition) is 4. The Balaban J connectivity index is 1.39. The van der Waals surface area contributed by atoms with E-state index >= 15 is 0 Å². The van der Waals surface area contributed by atoms with Crippen LogP contribution >= 0.6 is 0 Å². The van der Waals surface area contributed by atoms with Gasteiger partial charge in [-0.25, -0.2) is 0 Å². The fraction of sp³-hybridized carbons (Fsp3) is 0.400. The summed E-state index contributed by atoms with van der Waals surface area (Å²) in [6.45, 7) is 4.30. The lowest BCUT2D eigenvalue weighted by atomic mass is 10.1. The molecule has 0 amide bonds. The molecule has 2 atom stereocenters. The number of rotatable bonds is 4. The highest BCUT2D eigenvalue weighted by Crippen LogP contribution is 2.31. The van der Waals surface area contributed by atoms with Gasteiger partial charge in [0.2, 0.25) is 0 Å². The number of morpholine rings is 1. The van der Waals surface area contributed by atoms with Gasteiger partial charge in [-0.3, -0.25) is 0 Å². The first-order valence-corrected chi connectivity index (χ1v) is 8.72. The number of nitrogens with zero attached hydrogens (tertiary/aromatic N) is 1. The molecule has 1 aliphatic carbocycles. The van der Waals surface area contributed by atoms with Crippen molar-refractivity contribution in [2.24, 2.45) is 0 Å². The lowest BCUT2D eigenvalue weighted by molar-refractivity contribution is 0.122. The fourth-order valence-electron chi connectivity index (χ4n) is 3.69. The molecule has 4 nitrogen and oxygen atoms in total. The second-order valence-corrected chi connectivity index (χ2v) is 6.59. The number of hydrogen-bond donors (Lipinski definition) is 2. The maximum atomic E-state index is 10.3. The SMILES string of the molecule is O[C@H]1Cc2ccccc2[C@H]1NCc1ccc(N2CCOCC2)cc1. The Morgan fingerprint density at radius 3 is 2.58 bits per heavy atom. The van der Waals surface area contributed by atoms with Gasteiger partial charge in [0.25, 0.3) is 0 Å². The van der Waals surface area contributed by atoms with Crippen LogP contribution in [0.3, 0.4) is 0 Å². The number of aliphatic hydroxyl groups is 1. The number of benzene rings is 2. The highest BCUT2D eigenvalue weighted by Gasteiger charge is 2.30. The van der Waals surface area contributed by atoms with E-state index in [0.29, 0.717) is 0 Å². The van der Waals surface area contributed by atoms with Crippen LogP contribution in [0.4, 0.5) is 5.69 Å². The highest BCUT2D eigenvalue weighted by molar-refractivity contribution is 5.48. The van der Waals surface area contributed by atoms with Gasteiger partial charge in [0.1, 0.15) is 0 Å². The van der Waals surface area contributed by atoms with Crippen molar-refractivity contribution in [1.29, 1.82) is 0 Å². The zero-order valence-corrected chi connectivity index (χ0v) is 13.8. The fourth-order valence-corrected chi connectivity index (χ4v) is 3.69. The van der Waals surface area contributed by atoms with Crippen LogP contribution in [0.5, 0.6) is 0 Å². The highest BCUT2D eigenvalue weighted by atomic mass is 16.5. The van der Waals surface area contributed by atoms with Crippen LogP contribution in [0.25, 0.3) is 0 Å². The Bertz CT molecular complexity index is 680. The van der Waals surface area contributed by atoms with E-state index in [1.165, 1.54) is 22.4 Å². The van der Waals surface area contributed by atoms with Crippen LogP contribution in [-0.2, 0) is 17.7 Å². The first-order valence-electron chi connectivity index (χ1n) is 8.72. The molecule has 0 radical (unpaired) electrons. The summed E-state index contributed by atoms with van der Waals surface area (Å²) in [6, 6.07) is 17.0. The average Bonchev–Trinajstić information content (AvgIpc) is 2.96. The summed E-state index contributed by atoms with van der Waals surface area (Å²) >= 11 is 0. The number of nitrogens with one attached hydrogen (secondary N) is 1. The van der Waals surface area contributed by atoms with Gasteiger partial charge in [-0.05, 0) is 28.8 Å². The molecule has 0 bridgehead atoms. The Hall–Kier alpha value is -1.88. The van der Waals surface area contributed by atoms with E-state index in [2.05, 4.69) is 46.6 Å². The Morgan fingerprint density at radius 2 is 1.79 bits per heavy atom. The summed E-state index contributed by atoms with van der Waals surface area (Å²) < 4.78 is 5.40. The average molecular weight is 324 g/mol. The Morgan fingerprint density at radius 1 is 1.04 bits per heavy atom. The monoisotopic (exact) mass is 324 g/mol. The van der Waals surface area contributed by atoms with Gasteiger partial charge in [-0.15, -0.1) is 0 Å². The topological polar surface area (TPSA) is 44.7 Å². The first kappa shape index (κ1) is 15.6. The zero-order chi connectivity index (χ0) is 16.4. The summed E-state index contributed by atoms with van der Waals surface area (Å²) in [5, 5.41) is 13.8. The Labute approximate surface area is 143 Å². The van der Waals surface area contributed by atoms with Gasteiger partial charge in [-0.2, -0.15) is 0 Å². The van der Waals surface area contributed by atoms with Crippen molar-refractivity contribution < 1.29 is 9.84 Å². The molecule has 2 aliphatic rings. The summed E-state index contributed by atoms with van der Waals surface area (Å²) in [4.78, 5) is 2.36. The van der Waals surface area contributed by atoms with Crippen LogP contribution in [0.2, 0.25) is 0 Å². The van der Waals surface area contributed by atoms with Crippen molar-refractivity contribution in [2.45, 2.75) is 25.1 Å². The molecule has 2 aromatic carbocycles. The molecular formula is C20H24N2O2. The van der Waals surface area contributed by atoms with Crippen molar-refractivity contribution >= 4 is 5.69 Å². The summed E-state index contributed by atoms with van der Waals surface area (Å²) in [7, 11) is 0. The molecule has 2 N–H and O–H groups in total. The largest absolute Gasteiger partial charge is 0.391 e. The molecule has 1 saturated heterocycles. The predicted octanol–water partition coefficient (Wildman–Crippen LogP) is 2.27.